The van der Waals surface area contributed by atoms with E-state index in [2.05, 4.69) is 14.7 Å². The molecule has 0 amide bonds. The number of nitrogens with zero attached hydrogens (tertiary/aromatic N) is 1. The van der Waals surface area contributed by atoms with Gasteiger partial charge in [-0.2, -0.15) is 0 Å². The van der Waals surface area contributed by atoms with Gasteiger partial charge in [-0.3, -0.25) is 9.71 Å². The maximum atomic E-state index is 14.7. The average molecular weight is 508 g/mol. The Labute approximate surface area is 200 Å². The van der Waals surface area contributed by atoms with Crippen molar-refractivity contribution in [1.82, 2.24) is 9.97 Å². The number of H-pyrrole nitrogens is 1. The predicted molar refractivity (Wildman–Crippen MR) is 128 cm³/mol. The van der Waals surface area contributed by atoms with Gasteiger partial charge in [-0.15, -0.1) is 0 Å². The van der Waals surface area contributed by atoms with Crippen LogP contribution >= 0.6 is 23.2 Å². The van der Waals surface area contributed by atoms with Crippen LogP contribution in [0.15, 0.2) is 65.8 Å². The van der Waals surface area contributed by atoms with Gasteiger partial charge in [-0.05, 0) is 55.7 Å². The van der Waals surface area contributed by atoms with E-state index in [4.69, 9.17) is 27.9 Å². The molecule has 0 aliphatic carbocycles. The van der Waals surface area contributed by atoms with E-state index in [0.717, 1.165) is 31.0 Å². The van der Waals surface area contributed by atoms with Gasteiger partial charge in [0.25, 0.3) is 10.0 Å². The second kappa shape index (κ2) is 9.99. The topological polar surface area (TPSA) is 84.1 Å². The van der Waals surface area contributed by atoms with Crippen LogP contribution in [0.1, 0.15) is 18.5 Å². The molecule has 33 heavy (non-hydrogen) atoms. The number of anilines is 1. The molecule has 2 aromatic heterocycles. The summed E-state index contributed by atoms with van der Waals surface area (Å²) >= 11 is 12.2. The van der Waals surface area contributed by atoms with Crippen molar-refractivity contribution < 1.29 is 17.5 Å². The monoisotopic (exact) mass is 507 g/mol. The molecule has 0 atom stereocenters. The lowest BCUT2D eigenvalue weighted by atomic mass is 10.2. The molecule has 4 aromatic rings. The third-order valence-electron chi connectivity index (χ3n) is 5.00. The van der Waals surface area contributed by atoms with Crippen LogP contribution in [0.4, 0.5) is 10.1 Å². The second-order valence-corrected chi connectivity index (χ2v) is 9.77. The van der Waals surface area contributed by atoms with Crippen molar-refractivity contribution in [3.8, 4) is 5.75 Å². The highest BCUT2D eigenvalue weighted by molar-refractivity contribution is 7.92. The minimum absolute atomic E-state index is 0.203. The summed E-state index contributed by atoms with van der Waals surface area (Å²) in [7, 11) is -4.21. The number of benzene rings is 2. The molecule has 10 heteroatoms. The van der Waals surface area contributed by atoms with Gasteiger partial charge in [0.1, 0.15) is 16.5 Å². The zero-order chi connectivity index (χ0) is 23.4. The summed E-state index contributed by atoms with van der Waals surface area (Å²) in [6.45, 7) is 0.382. The molecule has 0 spiro atoms. The Kier molecular flexibility index (Phi) is 7.07. The number of nitrogens with one attached hydrogen (secondary N) is 2. The quantitative estimate of drug-likeness (QED) is 0.263. The van der Waals surface area contributed by atoms with Gasteiger partial charge in [0, 0.05) is 29.5 Å². The van der Waals surface area contributed by atoms with E-state index in [-0.39, 0.29) is 11.4 Å². The summed E-state index contributed by atoms with van der Waals surface area (Å²) in [6, 6.07) is 12.4. The molecular formula is C23H20Cl2FN3O3S. The summed E-state index contributed by atoms with van der Waals surface area (Å²) in [5.74, 6) is -0.655. The van der Waals surface area contributed by atoms with Crippen LogP contribution in [0.25, 0.3) is 10.9 Å². The SMILES string of the molecule is O=S(=O)(Nc1ccc(Cl)c2c(Cl)c[nH]c12)c1ccc(OCCCCc2ccccn2)cc1F. The van der Waals surface area contributed by atoms with E-state index >= 15 is 0 Å². The number of hydrogen-bond donors (Lipinski definition) is 2. The zero-order valence-corrected chi connectivity index (χ0v) is 19.6. The van der Waals surface area contributed by atoms with Crippen LogP contribution in [0.3, 0.4) is 0 Å². The van der Waals surface area contributed by atoms with Crippen LogP contribution in [-0.4, -0.2) is 25.0 Å². The predicted octanol–water partition coefficient (Wildman–Crippen LogP) is 6.21. The number of fused-ring (bicyclic) bond motifs is 1. The summed E-state index contributed by atoms with van der Waals surface area (Å²) in [4.78, 5) is 6.65. The molecule has 0 aliphatic rings. The summed E-state index contributed by atoms with van der Waals surface area (Å²) in [6.07, 6.45) is 5.70. The first kappa shape index (κ1) is 23.4. The van der Waals surface area contributed by atoms with E-state index in [1.807, 2.05) is 18.2 Å². The summed E-state index contributed by atoms with van der Waals surface area (Å²) in [5, 5.41) is 1.20. The molecule has 0 bridgehead atoms. The van der Waals surface area contributed by atoms with E-state index in [0.29, 0.717) is 27.6 Å². The lowest BCUT2D eigenvalue weighted by molar-refractivity contribution is 0.304. The fourth-order valence-corrected chi connectivity index (χ4v) is 5.08. The third-order valence-corrected chi connectivity index (χ3v) is 7.01. The molecule has 0 radical (unpaired) electrons. The molecule has 0 aliphatic heterocycles. The smallest absolute Gasteiger partial charge is 0.264 e. The van der Waals surface area contributed by atoms with Gasteiger partial charge in [-0.1, -0.05) is 29.3 Å². The summed E-state index contributed by atoms with van der Waals surface area (Å²) in [5.41, 5.74) is 1.61. The van der Waals surface area contributed by atoms with Crippen molar-refractivity contribution in [1.29, 1.82) is 0 Å². The average Bonchev–Trinajstić information content (AvgIpc) is 3.19. The molecule has 0 saturated carbocycles. The highest BCUT2D eigenvalue weighted by atomic mass is 35.5. The molecule has 0 saturated heterocycles. The summed E-state index contributed by atoms with van der Waals surface area (Å²) < 4.78 is 48.3. The Bertz CT molecular complexity index is 1380. The van der Waals surface area contributed by atoms with Gasteiger partial charge < -0.3 is 9.72 Å². The number of pyridine rings is 1. The van der Waals surface area contributed by atoms with E-state index in [9.17, 15) is 12.8 Å². The maximum absolute atomic E-state index is 14.7. The number of halogens is 3. The minimum Gasteiger partial charge on any atom is -0.493 e. The normalized spacial score (nSPS) is 11.6. The zero-order valence-electron chi connectivity index (χ0n) is 17.3. The minimum atomic E-state index is -4.21. The number of aryl methyl sites for hydroxylation is 1. The lowest BCUT2D eigenvalue weighted by Gasteiger charge is -2.12. The molecule has 0 fully saturated rings. The van der Waals surface area contributed by atoms with E-state index in [1.165, 1.54) is 30.5 Å². The maximum Gasteiger partial charge on any atom is 0.264 e. The van der Waals surface area contributed by atoms with Crippen molar-refractivity contribution >= 4 is 49.8 Å². The van der Waals surface area contributed by atoms with Gasteiger partial charge in [0.05, 0.1) is 27.9 Å². The van der Waals surface area contributed by atoms with Crippen LogP contribution < -0.4 is 9.46 Å². The molecule has 2 heterocycles. The molecule has 0 unspecified atom stereocenters. The van der Waals surface area contributed by atoms with Crippen molar-refractivity contribution in [2.75, 3.05) is 11.3 Å². The van der Waals surface area contributed by atoms with Crippen LogP contribution in [0, 0.1) is 5.82 Å². The van der Waals surface area contributed by atoms with Crippen LogP contribution in [-0.2, 0) is 16.4 Å². The molecule has 2 N–H and O–H groups in total. The van der Waals surface area contributed by atoms with Crippen LogP contribution in [0.2, 0.25) is 10.0 Å². The largest absolute Gasteiger partial charge is 0.493 e. The third kappa shape index (κ3) is 5.40. The van der Waals surface area contributed by atoms with Crippen LogP contribution in [0.5, 0.6) is 5.75 Å². The number of rotatable bonds is 9. The lowest BCUT2D eigenvalue weighted by Crippen LogP contribution is -2.15. The number of sulfonamides is 1. The molecule has 6 nitrogen and oxygen atoms in total. The standard InChI is InChI=1S/C23H20Cl2FN3O3S/c24-17-8-9-20(23-22(17)18(25)14-28-23)29-33(30,31)21-10-7-16(13-19(21)26)32-12-4-2-6-15-5-1-3-11-27-15/h1,3,5,7-11,13-14,28-29H,2,4,6,12H2. The molecular weight excluding hydrogens is 488 g/mol. The highest BCUT2D eigenvalue weighted by Crippen LogP contribution is 2.35. The molecule has 172 valence electrons. The number of aromatic amines is 1. The highest BCUT2D eigenvalue weighted by Gasteiger charge is 2.22. The van der Waals surface area contributed by atoms with Crippen molar-refractivity contribution in [3.63, 3.8) is 0 Å². The first-order valence-corrected chi connectivity index (χ1v) is 12.4. The first-order chi connectivity index (χ1) is 15.8. The molecule has 4 rings (SSSR count). The van der Waals surface area contributed by atoms with Crippen molar-refractivity contribution in [2.24, 2.45) is 0 Å². The number of unbranched alkanes of at least 4 members (excludes halogenated alkanes) is 1. The Balaban J connectivity index is 1.40. The first-order valence-electron chi connectivity index (χ1n) is 10.2. The Morgan fingerprint density at radius 1 is 1.06 bits per heavy atom. The fourth-order valence-electron chi connectivity index (χ4n) is 3.39. The van der Waals surface area contributed by atoms with E-state index < -0.39 is 20.7 Å². The number of aromatic nitrogens is 2. The molecule has 2 aromatic carbocycles. The van der Waals surface area contributed by atoms with Gasteiger partial charge >= 0.3 is 0 Å². The van der Waals surface area contributed by atoms with Crippen molar-refractivity contribution in [3.05, 3.63) is 82.5 Å². The van der Waals surface area contributed by atoms with Gasteiger partial charge in [0.2, 0.25) is 0 Å². The fraction of sp³-hybridized carbons (Fsp3) is 0.174. The Morgan fingerprint density at radius 2 is 1.91 bits per heavy atom. The Morgan fingerprint density at radius 3 is 2.67 bits per heavy atom. The van der Waals surface area contributed by atoms with Gasteiger partial charge in [-0.25, -0.2) is 12.8 Å². The number of hydrogen-bond acceptors (Lipinski definition) is 4. The second-order valence-electron chi connectivity index (χ2n) is 7.31. The van der Waals surface area contributed by atoms with Gasteiger partial charge in [0.15, 0.2) is 0 Å². The Hall–Kier alpha value is -2.81. The van der Waals surface area contributed by atoms with E-state index in [1.54, 1.807) is 6.20 Å². The van der Waals surface area contributed by atoms with Crippen molar-refractivity contribution in [2.45, 2.75) is 24.2 Å². The number of ether oxygens (including phenoxy) is 1.